The first-order valence-corrected chi connectivity index (χ1v) is 18.0. The first-order valence-electron chi connectivity index (χ1n) is 18.0. The summed E-state index contributed by atoms with van der Waals surface area (Å²) in [5, 5.41) is 28.3. The van der Waals surface area contributed by atoms with Crippen molar-refractivity contribution >= 4 is 75.4 Å². The number of aromatic hydroxyl groups is 1. The summed E-state index contributed by atoms with van der Waals surface area (Å²) in [6, 6.07) is 41.3. The molecule has 0 aliphatic rings. The van der Waals surface area contributed by atoms with Gasteiger partial charge in [0.1, 0.15) is 5.75 Å². The van der Waals surface area contributed by atoms with E-state index in [-0.39, 0.29) is 5.75 Å². The predicted octanol–water partition coefficient (Wildman–Crippen LogP) is 15.3. The Hall–Kier alpha value is -4.88. The molecule has 0 saturated carbocycles. The van der Waals surface area contributed by atoms with Gasteiger partial charge in [-0.05, 0) is 111 Å². The fraction of sp³-hybridized carbons (Fsp3) is 0.234. The fourth-order valence-electron chi connectivity index (χ4n) is 6.94. The second-order valence-corrected chi connectivity index (χ2v) is 12.3. The van der Waals surface area contributed by atoms with E-state index < -0.39 is 0 Å². The van der Waals surface area contributed by atoms with Gasteiger partial charge in [0.05, 0.1) is 0 Å². The zero-order valence-electron chi connectivity index (χ0n) is 30.0. The lowest BCUT2D eigenvalue weighted by Crippen LogP contribution is -1.86. The first-order chi connectivity index (χ1) is 23.5. The molecule has 0 saturated heterocycles. The highest BCUT2D eigenvalue weighted by Crippen LogP contribution is 2.49. The first kappa shape index (κ1) is 34.5. The topological polar surface area (TPSA) is 20.2 Å². The number of hydrogen-bond acceptors (Lipinski definition) is 1. The van der Waals surface area contributed by atoms with Crippen molar-refractivity contribution in [1.82, 2.24) is 0 Å². The van der Waals surface area contributed by atoms with Gasteiger partial charge >= 0.3 is 0 Å². The van der Waals surface area contributed by atoms with Crippen molar-refractivity contribution in [2.75, 3.05) is 0 Å². The quantitative estimate of drug-likeness (QED) is 0.179. The minimum atomic E-state index is 0.288. The zero-order valence-corrected chi connectivity index (χ0v) is 30.0. The number of fused-ring (bicyclic) bond motifs is 8. The van der Waals surface area contributed by atoms with Gasteiger partial charge in [-0.3, -0.25) is 0 Å². The molecular formula is C47H50O. The molecular weight excluding hydrogens is 581 g/mol. The Labute approximate surface area is 286 Å². The van der Waals surface area contributed by atoms with Crippen LogP contribution >= 0.6 is 0 Å². The molecule has 0 aliphatic heterocycles. The van der Waals surface area contributed by atoms with E-state index in [0.717, 1.165) is 5.56 Å². The van der Waals surface area contributed by atoms with Gasteiger partial charge in [-0.2, -0.15) is 0 Å². The van der Waals surface area contributed by atoms with Crippen LogP contribution in [-0.2, 0) is 0 Å². The smallest absolute Gasteiger partial charge is 0.115 e. The molecule has 244 valence electrons. The van der Waals surface area contributed by atoms with Crippen molar-refractivity contribution in [3.63, 3.8) is 0 Å². The molecule has 48 heavy (non-hydrogen) atoms. The van der Waals surface area contributed by atoms with E-state index in [1.165, 1.54) is 100 Å². The molecule has 1 N–H and O–H groups in total. The van der Waals surface area contributed by atoms with Crippen LogP contribution in [0.1, 0.15) is 74.7 Å². The van der Waals surface area contributed by atoms with E-state index in [9.17, 15) is 5.11 Å². The zero-order chi connectivity index (χ0) is 34.4. The second-order valence-electron chi connectivity index (χ2n) is 12.3. The molecule has 9 aromatic rings. The van der Waals surface area contributed by atoms with E-state index in [0.29, 0.717) is 0 Å². The molecule has 0 bridgehead atoms. The Morgan fingerprint density at radius 1 is 0.375 bits per heavy atom. The van der Waals surface area contributed by atoms with E-state index in [4.69, 9.17) is 0 Å². The van der Waals surface area contributed by atoms with Gasteiger partial charge in [0.15, 0.2) is 0 Å². The molecule has 0 spiro atoms. The highest BCUT2D eigenvalue weighted by atomic mass is 16.3. The molecule has 0 aliphatic carbocycles. The lowest BCUT2D eigenvalue weighted by molar-refractivity contribution is 0.475. The molecule has 9 aromatic carbocycles. The van der Waals surface area contributed by atoms with Crippen molar-refractivity contribution in [2.45, 2.75) is 74.7 Å². The molecule has 9 rings (SSSR count). The molecule has 0 aromatic heterocycles. The number of hydrogen-bond donors (Lipinski definition) is 1. The van der Waals surface area contributed by atoms with Crippen LogP contribution in [0.25, 0.3) is 86.5 Å². The monoisotopic (exact) mass is 630 g/mol. The molecule has 0 unspecified atom stereocenters. The van der Waals surface area contributed by atoms with Crippen molar-refractivity contribution < 1.29 is 5.11 Å². The van der Waals surface area contributed by atoms with Gasteiger partial charge in [0, 0.05) is 0 Å². The Balaban J connectivity index is 0.000000368. The molecule has 1 nitrogen and oxygen atoms in total. The van der Waals surface area contributed by atoms with Crippen LogP contribution in [0, 0.1) is 0 Å². The Morgan fingerprint density at radius 3 is 1.31 bits per heavy atom. The van der Waals surface area contributed by atoms with E-state index in [1.807, 2.05) is 26.0 Å². The van der Waals surface area contributed by atoms with Crippen LogP contribution < -0.4 is 0 Å². The van der Waals surface area contributed by atoms with Crippen LogP contribution in [0.3, 0.4) is 0 Å². The molecule has 0 amide bonds. The van der Waals surface area contributed by atoms with Gasteiger partial charge in [-0.15, -0.1) is 0 Å². The molecule has 1 heteroatoms. The number of phenols is 1. The summed E-state index contributed by atoms with van der Waals surface area (Å²) in [6.07, 6.45) is 3.75. The third kappa shape index (κ3) is 5.88. The van der Waals surface area contributed by atoms with Gasteiger partial charge < -0.3 is 5.11 Å². The largest absolute Gasteiger partial charge is 0.508 e. The number of phenolic OH excluding ortho intramolecular Hbond substituents is 1. The lowest BCUT2D eigenvalue weighted by atomic mass is 9.90. The normalized spacial score (nSPS) is 10.8. The minimum absolute atomic E-state index is 0.288. The van der Waals surface area contributed by atoms with Crippen molar-refractivity contribution in [1.29, 1.82) is 0 Å². The van der Waals surface area contributed by atoms with E-state index in [1.54, 1.807) is 12.1 Å². The predicted molar refractivity (Wildman–Crippen MR) is 218 cm³/mol. The van der Waals surface area contributed by atoms with Gasteiger partial charge in [-0.1, -0.05) is 166 Å². The van der Waals surface area contributed by atoms with Crippen LogP contribution in [0.2, 0.25) is 0 Å². The fourth-order valence-corrected chi connectivity index (χ4v) is 6.94. The molecule has 0 fully saturated rings. The Kier molecular flexibility index (Phi) is 11.0. The summed E-state index contributed by atoms with van der Waals surface area (Å²) in [5.74, 6) is 0.288. The molecule has 0 heterocycles. The standard InChI is InChI=1S/C36H20O.3C3H8.C2H6/c37-22-16-14-21(15-17-22)34-23-8-1-2-9-24(23)36-32-19-30-26-11-4-7-20-6-3-10-25(33(20)26)29(30)18-31(32)27-12-5-13-28(34)35(27)36;3*1-3-2;1-2/h1-19,37H;3*3H2,1-2H3;1-2H3. The van der Waals surface area contributed by atoms with Gasteiger partial charge in [-0.25, -0.2) is 0 Å². The molecule has 0 radical (unpaired) electrons. The van der Waals surface area contributed by atoms with Crippen LogP contribution in [0.4, 0.5) is 0 Å². The van der Waals surface area contributed by atoms with Crippen molar-refractivity contribution in [2.24, 2.45) is 0 Å². The van der Waals surface area contributed by atoms with Crippen molar-refractivity contribution in [3.8, 4) is 16.9 Å². The second kappa shape index (κ2) is 15.3. The highest BCUT2D eigenvalue weighted by Gasteiger charge is 2.21. The van der Waals surface area contributed by atoms with Crippen molar-refractivity contribution in [3.05, 3.63) is 115 Å². The number of benzene rings is 7. The SMILES string of the molecule is CC.CCC.CCC.CCC.Oc1ccc(-c2c3ccccc3c3c4cc5c(cc4c4cccc2c43)c2cccc3cccc5c32)cc1. The van der Waals surface area contributed by atoms with Crippen LogP contribution in [0.5, 0.6) is 5.75 Å². The van der Waals surface area contributed by atoms with Gasteiger partial charge in [0.2, 0.25) is 0 Å². The molecule has 0 atom stereocenters. The summed E-state index contributed by atoms with van der Waals surface area (Å²) in [4.78, 5) is 0. The lowest BCUT2D eigenvalue weighted by Gasteiger charge is -2.13. The van der Waals surface area contributed by atoms with E-state index in [2.05, 4.69) is 133 Å². The number of rotatable bonds is 1. The highest BCUT2D eigenvalue weighted by molar-refractivity contribution is 6.42. The van der Waals surface area contributed by atoms with Crippen LogP contribution in [-0.4, -0.2) is 5.11 Å². The van der Waals surface area contributed by atoms with E-state index >= 15 is 0 Å². The summed E-state index contributed by atoms with van der Waals surface area (Å²) in [6.45, 7) is 16.8. The maximum Gasteiger partial charge on any atom is 0.115 e. The summed E-state index contributed by atoms with van der Waals surface area (Å²) >= 11 is 0. The minimum Gasteiger partial charge on any atom is -0.508 e. The maximum atomic E-state index is 9.95. The Bertz CT molecular complexity index is 2390. The average molecular weight is 631 g/mol. The summed E-state index contributed by atoms with van der Waals surface area (Å²) in [5.41, 5.74) is 2.35. The van der Waals surface area contributed by atoms with Crippen LogP contribution in [0.15, 0.2) is 115 Å². The van der Waals surface area contributed by atoms with Gasteiger partial charge in [0.25, 0.3) is 0 Å². The third-order valence-corrected chi connectivity index (χ3v) is 8.41. The third-order valence-electron chi connectivity index (χ3n) is 8.41. The summed E-state index contributed by atoms with van der Waals surface area (Å²) in [7, 11) is 0. The maximum absolute atomic E-state index is 9.95. The average Bonchev–Trinajstić information content (AvgIpc) is 3.61. The summed E-state index contributed by atoms with van der Waals surface area (Å²) < 4.78 is 0. The Morgan fingerprint density at radius 2 is 0.750 bits per heavy atom.